The van der Waals surface area contributed by atoms with Gasteiger partial charge in [-0.2, -0.15) is 5.10 Å². The SMILES string of the molecule is CCCN(CC)CCNC(=O)c1cnn(C)c1N. The number of anilines is 1. The number of likely N-dealkylation sites (N-methyl/N-ethyl adjacent to an activating group) is 1. The summed E-state index contributed by atoms with van der Waals surface area (Å²) in [6.07, 6.45) is 2.62. The van der Waals surface area contributed by atoms with Gasteiger partial charge in [0.1, 0.15) is 11.4 Å². The van der Waals surface area contributed by atoms with Gasteiger partial charge in [0.25, 0.3) is 5.91 Å². The molecule has 0 bridgehead atoms. The molecule has 6 heteroatoms. The fourth-order valence-electron chi connectivity index (χ4n) is 1.79. The molecule has 0 aliphatic carbocycles. The van der Waals surface area contributed by atoms with Crippen molar-refractivity contribution in [3.63, 3.8) is 0 Å². The van der Waals surface area contributed by atoms with E-state index < -0.39 is 0 Å². The van der Waals surface area contributed by atoms with Gasteiger partial charge in [0, 0.05) is 20.1 Å². The zero-order valence-electron chi connectivity index (χ0n) is 11.4. The van der Waals surface area contributed by atoms with Crippen molar-refractivity contribution in [3.05, 3.63) is 11.8 Å². The molecule has 0 fully saturated rings. The van der Waals surface area contributed by atoms with Crippen LogP contribution in [0.1, 0.15) is 30.6 Å². The second kappa shape index (κ2) is 7.00. The molecule has 0 radical (unpaired) electrons. The van der Waals surface area contributed by atoms with Crippen molar-refractivity contribution in [2.75, 3.05) is 31.9 Å². The van der Waals surface area contributed by atoms with Gasteiger partial charge >= 0.3 is 0 Å². The Morgan fingerprint density at radius 2 is 2.22 bits per heavy atom. The highest BCUT2D eigenvalue weighted by Gasteiger charge is 2.13. The number of nitrogens with one attached hydrogen (secondary N) is 1. The smallest absolute Gasteiger partial charge is 0.256 e. The molecule has 0 saturated carbocycles. The third-order valence-electron chi connectivity index (χ3n) is 2.93. The van der Waals surface area contributed by atoms with Crippen LogP contribution >= 0.6 is 0 Å². The van der Waals surface area contributed by atoms with Crippen LogP contribution in [0, 0.1) is 0 Å². The van der Waals surface area contributed by atoms with Gasteiger partial charge < -0.3 is 16.0 Å². The number of aryl methyl sites for hydroxylation is 1. The fraction of sp³-hybridized carbons (Fsp3) is 0.667. The Hall–Kier alpha value is -1.56. The molecular formula is C12H23N5O. The molecule has 1 rings (SSSR count). The third-order valence-corrected chi connectivity index (χ3v) is 2.93. The number of carbonyl (C=O) groups is 1. The summed E-state index contributed by atoms with van der Waals surface area (Å²) >= 11 is 0. The quantitative estimate of drug-likeness (QED) is 0.740. The summed E-state index contributed by atoms with van der Waals surface area (Å²) in [7, 11) is 1.71. The average molecular weight is 253 g/mol. The Kier molecular flexibility index (Phi) is 5.64. The van der Waals surface area contributed by atoms with E-state index in [-0.39, 0.29) is 5.91 Å². The van der Waals surface area contributed by atoms with E-state index in [9.17, 15) is 4.79 Å². The van der Waals surface area contributed by atoms with Crippen LogP contribution in [0.5, 0.6) is 0 Å². The van der Waals surface area contributed by atoms with Crippen molar-refractivity contribution in [1.82, 2.24) is 20.0 Å². The molecule has 3 N–H and O–H groups in total. The molecule has 0 aliphatic heterocycles. The van der Waals surface area contributed by atoms with Crippen molar-refractivity contribution >= 4 is 11.7 Å². The lowest BCUT2D eigenvalue weighted by atomic mass is 10.3. The number of amides is 1. The van der Waals surface area contributed by atoms with E-state index in [1.165, 1.54) is 10.9 Å². The van der Waals surface area contributed by atoms with Crippen LogP contribution < -0.4 is 11.1 Å². The van der Waals surface area contributed by atoms with Crippen molar-refractivity contribution < 1.29 is 4.79 Å². The van der Waals surface area contributed by atoms with Gasteiger partial charge in [-0.1, -0.05) is 13.8 Å². The molecule has 1 amide bonds. The molecule has 102 valence electrons. The number of nitrogens with zero attached hydrogens (tertiary/aromatic N) is 3. The summed E-state index contributed by atoms with van der Waals surface area (Å²) in [6.45, 7) is 7.81. The van der Waals surface area contributed by atoms with Crippen LogP contribution in [0.2, 0.25) is 0 Å². The molecule has 0 spiro atoms. The molecular weight excluding hydrogens is 230 g/mol. The van der Waals surface area contributed by atoms with Gasteiger partial charge in [-0.25, -0.2) is 0 Å². The van der Waals surface area contributed by atoms with Crippen molar-refractivity contribution in [3.8, 4) is 0 Å². The number of carbonyl (C=O) groups excluding carboxylic acids is 1. The summed E-state index contributed by atoms with van der Waals surface area (Å²) in [5.74, 6) is 0.238. The molecule has 1 heterocycles. The first kappa shape index (κ1) is 14.5. The summed E-state index contributed by atoms with van der Waals surface area (Å²) in [4.78, 5) is 14.1. The Morgan fingerprint density at radius 1 is 1.50 bits per heavy atom. The zero-order valence-corrected chi connectivity index (χ0v) is 11.4. The van der Waals surface area contributed by atoms with Gasteiger partial charge in [-0.3, -0.25) is 9.48 Å². The topological polar surface area (TPSA) is 76.2 Å². The number of rotatable bonds is 7. The predicted octanol–water partition coefficient (Wildman–Crippen LogP) is 0.464. The van der Waals surface area contributed by atoms with Crippen molar-refractivity contribution in [2.24, 2.45) is 7.05 Å². The number of nitrogens with two attached hydrogens (primary N) is 1. The van der Waals surface area contributed by atoms with E-state index in [0.29, 0.717) is 17.9 Å². The Morgan fingerprint density at radius 3 is 2.72 bits per heavy atom. The molecule has 1 aromatic heterocycles. The lowest BCUT2D eigenvalue weighted by Gasteiger charge is -2.19. The first-order chi connectivity index (χ1) is 8.60. The number of nitrogen functional groups attached to an aromatic ring is 1. The lowest BCUT2D eigenvalue weighted by Crippen LogP contribution is -2.35. The minimum atomic E-state index is -0.159. The van der Waals surface area contributed by atoms with Crippen LogP contribution in [0.15, 0.2) is 6.20 Å². The highest BCUT2D eigenvalue weighted by atomic mass is 16.1. The van der Waals surface area contributed by atoms with E-state index >= 15 is 0 Å². The van der Waals surface area contributed by atoms with Crippen LogP contribution in [-0.2, 0) is 7.05 Å². The number of aromatic nitrogens is 2. The molecule has 1 aromatic rings. The molecule has 0 atom stereocenters. The van der Waals surface area contributed by atoms with E-state index in [4.69, 9.17) is 5.73 Å². The van der Waals surface area contributed by atoms with Crippen LogP contribution in [-0.4, -0.2) is 46.8 Å². The fourth-order valence-corrected chi connectivity index (χ4v) is 1.79. The standard InChI is InChI=1S/C12H23N5O/c1-4-7-17(5-2)8-6-14-12(18)10-9-15-16(3)11(10)13/h9H,4-8,13H2,1-3H3,(H,14,18). The van der Waals surface area contributed by atoms with Gasteiger partial charge in [-0.05, 0) is 19.5 Å². The van der Waals surface area contributed by atoms with Gasteiger partial charge in [0.05, 0.1) is 6.20 Å². The highest BCUT2D eigenvalue weighted by Crippen LogP contribution is 2.08. The predicted molar refractivity (Wildman–Crippen MR) is 72.4 cm³/mol. The zero-order chi connectivity index (χ0) is 13.5. The van der Waals surface area contributed by atoms with Crippen molar-refractivity contribution in [1.29, 1.82) is 0 Å². The van der Waals surface area contributed by atoms with Crippen LogP contribution in [0.3, 0.4) is 0 Å². The monoisotopic (exact) mass is 253 g/mol. The Bertz CT molecular complexity index is 388. The summed E-state index contributed by atoms with van der Waals surface area (Å²) < 4.78 is 1.49. The maximum atomic E-state index is 11.8. The molecule has 0 aliphatic rings. The van der Waals surface area contributed by atoms with Gasteiger partial charge in [0.2, 0.25) is 0 Å². The van der Waals surface area contributed by atoms with E-state index in [0.717, 1.165) is 26.1 Å². The lowest BCUT2D eigenvalue weighted by molar-refractivity contribution is 0.0949. The molecule has 0 aromatic carbocycles. The largest absolute Gasteiger partial charge is 0.383 e. The minimum Gasteiger partial charge on any atom is -0.383 e. The van der Waals surface area contributed by atoms with Gasteiger partial charge in [0.15, 0.2) is 0 Å². The van der Waals surface area contributed by atoms with Crippen LogP contribution in [0.4, 0.5) is 5.82 Å². The van der Waals surface area contributed by atoms with Crippen molar-refractivity contribution in [2.45, 2.75) is 20.3 Å². The molecule has 0 unspecified atom stereocenters. The number of hydrogen-bond donors (Lipinski definition) is 2. The number of hydrogen-bond acceptors (Lipinski definition) is 4. The summed E-state index contributed by atoms with van der Waals surface area (Å²) in [5.41, 5.74) is 6.18. The van der Waals surface area contributed by atoms with E-state index in [2.05, 4.69) is 29.2 Å². The first-order valence-electron chi connectivity index (χ1n) is 6.38. The molecule has 18 heavy (non-hydrogen) atoms. The summed E-state index contributed by atoms with van der Waals surface area (Å²) in [5, 5.41) is 6.81. The first-order valence-corrected chi connectivity index (χ1v) is 6.38. The minimum absolute atomic E-state index is 0.159. The normalized spacial score (nSPS) is 10.9. The maximum absolute atomic E-state index is 11.8. The van der Waals surface area contributed by atoms with E-state index in [1.54, 1.807) is 7.05 Å². The van der Waals surface area contributed by atoms with Gasteiger partial charge in [-0.15, -0.1) is 0 Å². The molecule has 6 nitrogen and oxygen atoms in total. The second-order valence-corrected chi connectivity index (χ2v) is 4.26. The van der Waals surface area contributed by atoms with Crippen LogP contribution in [0.25, 0.3) is 0 Å². The Labute approximate surface area is 108 Å². The second-order valence-electron chi connectivity index (χ2n) is 4.26. The highest BCUT2D eigenvalue weighted by molar-refractivity contribution is 5.98. The summed E-state index contributed by atoms with van der Waals surface area (Å²) in [6, 6.07) is 0. The maximum Gasteiger partial charge on any atom is 0.256 e. The average Bonchev–Trinajstić information content (AvgIpc) is 2.69. The third kappa shape index (κ3) is 3.73. The Balaban J connectivity index is 2.40. The molecule has 0 saturated heterocycles. The van der Waals surface area contributed by atoms with E-state index in [1.807, 2.05) is 0 Å².